The fourth-order valence-electron chi connectivity index (χ4n) is 2.82. The van der Waals surface area contributed by atoms with Gasteiger partial charge >= 0.3 is 0 Å². The first-order valence-corrected chi connectivity index (χ1v) is 8.47. The maximum absolute atomic E-state index is 5.71. The number of ether oxygens (including phenoxy) is 1. The summed E-state index contributed by atoms with van der Waals surface area (Å²) < 4.78 is 5.71. The molecule has 1 N–H and O–H groups in total. The van der Waals surface area contributed by atoms with Crippen LogP contribution >= 0.6 is 0 Å². The summed E-state index contributed by atoms with van der Waals surface area (Å²) in [5.41, 5.74) is 7.45. The first-order chi connectivity index (χ1) is 12.1. The molecule has 2 heterocycles. The van der Waals surface area contributed by atoms with Gasteiger partial charge in [0.25, 0.3) is 0 Å². The molecular weight excluding hydrogens is 310 g/mol. The van der Waals surface area contributed by atoms with Gasteiger partial charge in [0.05, 0.1) is 12.3 Å². The van der Waals surface area contributed by atoms with Gasteiger partial charge in [0, 0.05) is 36.3 Å². The maximum atomic E-state index is 5.71. The molecule has 0 unspecified atom stereocenters. The minimum absolute atomic E-state index is 0.584. The van der Waals surface area contributed by atoms with E-state index in [2.05, 4.69) is 46.5 Å². The Balaban J connectivity index is 2.17. The molecule has 0 spiro atoms. The average Bonchev–Trinajstić information content (AvgIpc) is 2.62. The van der Waals surface area contributed by atoms with Crippen LogP contribution < -0.4 is 10.1 Å². The van der Waals surface area contributed by atoms with Gasteiger partial charge in [0.2, 0.25) is 5.88 Å². The Bertz CT molecular complexity index is 890. The second-order valence-electron chi connectivity index (χ2n) is 5.98. The number of rotatable bonds is 5. The highest BCUT2D eigenvalue weighted by molar-refractivity contribution is 5.76. The van der Waals surface area contributed by atoms with Crippen molar-refractivity contribution in [3.63, 3.8) is 0 Å². The smallest absolute Gasteiger partial charge is 0.214 e. The molecule has 0 fully saturated rings. The van der Waals surface area contributed by atoms with Gasteiger partial charge in [-0.2, -0.15) is 0 Å². The van der Waals surface area contributed by atoms with Gasteiger partial charge in [-0.05, 0) is 67.8 Å². The normalized spacial score (nSPS) is 10.6. The molecule has 0 aliphatic heterocycles. The van der Waals surface area contributed by atoms with E-state index in [4.69, 9.17) is 4.74 Å². The molecule has 25 heavy (non-hydrogen) atoms. The zero-order chi connectivity index (χ0) is 17.8. The Labute approximate surface area is 148 Å². The number of nitrogens with one attached hydrogen (secondary N) is 1. The Morgan fingerprint density at radius 1 is 1.00 bits per heavy atom. The van der Waals surface area contributed by atoms with E-state index in [1.54, 1.807) is 0 Å². The number of benzene rings is 1. The standard InChI is InChI=1S/C21H23N3O/c1-5-25-21-12-17(19-13-18(22-4)7-6-14(19)2)11-20(24-21)16-8-9-23-15(3)10-16/h6-13,22H,5H2,1-4H3. The van der Waals surface area contributed by atoms with Gasteiger partial charge in [-0.25, -0.2) is 4.98 Å². The third-order valence-corrected chi connectivity index (χ3v) is 4.12. The van der Waals surface area contributed by atoms with Crippen molar-refractivity contribution in [2.45, 2.75) is 20.8 Å². The second-order valence-corrected chi connectivity index (χ2v) is 5.98. The second kappa shape index (κ2) is 7.34. The van der Waals surface area contributed by atoms with Crippen LogP contribution in [0.15, 0.2) is 48.7 Å². The molecule has 3 rings (SSSR count). The number of anilines is 1. The van der Waals surface area contributed by atoms with E-state index in [9.17, 15) is 0 Å². The van der Waals surface area contributed by atoms with E-state index in [1.807, 2.05) is 45.3 Å². The number of aromatic nitrogens is 2. The molecule has 4 nitrogen and oxygen atoms in total. The predicted molar refractivity (Wildman–Crippen MR) is 103 cm³/mol. The topological polar surface area (TPSA) is 47.0 Å². The number of pyridine rings is 2. The number of hydrogen-bond donors (Lipinski definition) is 1. The van der Waals surface area contributed by atoms with Crippen LogP contribution in [0.4, 0.5) is 5.69 Å². The molecule has 0 saturated heterocycles. The van der Waals surface area contributed by atoms with Gasteiger partial charge in [0.1, 0.15) is 0 Å². The first-order valence-electron chi connectivity index (χ1n) is 8.47. The van der Waals surface area contributed by atoms with Crippen molar-refractivity contribution in [2.75, 3.05) is 19.0 Å². The summed E-state index contributed by atoms with van der Waals surface area (Å²) in [5.74, 6) is 0.638. The maximum Gasteiger partial charge on any atom is 0.214 e. The van der Waals surface area contributed by atoms with Crippen LogP contribution in [-0.4, -0.2) is 23.6 Å². The van der Waals surface area contributed by atoms with Crippen LogP contribution in [0.5, 0.6) is 5.88 Å². The summed E-state index contributed by atoms with van der Waals surface area (Å²) in [4.78, 5) is 8.94. The fraction of sp³-hybridized carbons (Fsp3) is 0.238. The van der Waals surface area contributed by atoms with E-state index < -0.39 is 0 Å². The average molecular weight is 333 g/mol. The Morgan fingerprint density at radius 2 is 1.84 bits per heavy atom. The van der Waals surface area contributed by atoms with Crippen molar-refractivity contribution < 1.29 is 4.74 Å². The lowest BCUT2D eigenvalue weighted by molar-refractivity contribution is 0.327. The van der Waals surface area contributed by atoms with Crippen LogP contribution in [0.2, 0.25) is 0 Å². The third kappa shape index (κ3) is 3.79. The van der Waals surface area contributed by atoms with Gasteiger partial charge < -0.3 is 10.1 Å². The van der Waals surface area contributed by atoms with E-state index in [-0.39, 0.29) is 0 Å². The minimum Gasteiger partial charge on any atom is -0.478 e. The van der Waals surface area contributed by atoms with Crippen molar-refractivity contribution >= 4 is 5.69 Å². The van der Waals surface area contributed by atoms with Crippen molar-refractivity contribution in [1.29, 1.82) is 0 Å². The molecule has 3 aromatic rings. The van der Waals surface area contributed by atoms with E-state index >= 15 is 0 Å². The molecule has 0 radical (unpaired) electrons. The highest BCUT2D eigenvalue weighted by Crippen LogP contribution is 2.32. The third-order valence-electron chi connectivity index (χ3n) is 4.12. The Morgan fingerprint density at radius 3 is 2.56 bits per heavy atom. The van der Waals surface area contributed by atoms with Crippen molar-refractivity contribution in [2.24, 2.45) is 0 Å². The summed E-state index contributed by atoms with van der Waals surface area (Å²) in [5, 5.41) is 3.20. The van der Waals surface area contributed by atoms with Crippen molar-refractivity contribution in [3.8, 4) is 28.3 Å². The molecule has 0 amide bonds. The molecule has 128 valence electrons. The molecule has 0 saturated carbocycles. The fourth-order valence-corrected chi connectivity index (χ4v) is 2.82. The Kier molecular flexibility index (Phi) is 4.98. The lowest BCUT2D eigenvalue weighted by atomic mass is 9.98. The summed E-state index contributed by atoms with van der Waals surface area (Å²) in [6.07, 6.45) is 1.81. The summed E-state index contributed by atoms with van der Waals surface area (Å²) in [7, 11) is 1.93. The number of nitrogens with zero attached hydrogens (tertiary/aromatic N) is 2. The quantitative estimate of drug-likeness (QED) is 0.724. The predicted octanol–water partition coefficient (Wildman–Crippen LogP) is 4.87. The molecule has 0 aliphatic carbocycles. The van der Waals surface area contributed by atoms with Gasteiger partial charge in [-0.15, -0.1) is 0 Å². The molecule has 2 aromatic heterocycles. The summed E-state index contributed by atoms with van der Waals surface area (Å²) in [6.45, 7) is 6.65. The molecule has 1 aromatic carbocycles. The van der Waals surface area contributed by atoms with Crippen LogP contribution in [0.1, 0.15) is 18.2 Å². The van der Waals surface area contributed by atoms with E-state index in [0.29, 0.717) is 12.5 Å². The van der Waals surface area contributed by atoms with Crippen molar-refractivity contribution in [3.05, 3.63) is 59.9 Å². The zero-order valence-corrected chi connectivity index (χ0v) is 15.1. The van der Waals surface area contributed by atoms with E-state index in [1.165, 1.54) is 11.1 Å². The lowest BCUT2D eigenvalue weighted by Crippen LogP contribution is -1.98. The van der Waals surface area contributed by atoms with E-state index in [0.717, 1.165) is 28.2 Å². The number of aryl methyl sites for hydroxylation is 2. The highest BCUT2D eigenvalue weighted by atomic mass is 16.5. The largest absolute Gasteiger partial charge is 0.478 e. The molecule has 4 heteroatoms. The van der Waals surface area contributed by atoms with Crippen LogP contribution in [0.25, 0.3) is 22.4 Å². The number of hydrogen-bond acceptors (Lipinski definition) is 4. The van der Waals surface area contributed by atoms with Gasteiger partial charge in [-0.1, -0.05) is 6.07 Å². The van der Waals surface area contributed by atoms with Crippen LogP contribution in [-0.2, 0) is 0 Å². The van der Waals surface area contributed by atoms with Gasteiger partial charge in [-0.3, -0.25) is 4.98 Å². The molecule has 0 aliphatic rings. The van der Waals surface area contributed by atoms with Crippen molar-refractivity contribution in [1.82, 2.24) is 9.97 Å². The summed E-state index contributed by atoms with van der Waals surface area (Å²) >= 11 is 0. The minimum atomic E-state index is 0.584. The molecule has 0 atom stereocenters. The SMILES string of the molecule is CCOc1cc(-c2cc(NC)ccc2C)cc(-c2ccnc(C)c2)n1. The Hall–Kier alpha value is -2.88. The lowest BCUT2D eigenvalue weighted by Gasteiger charge is -2.13. The molecular formula is C21H23N3O. The van der Waals surface area contributed by atoms with Crippen LogP contribution in [0, 0.1) is 13.8 Å². The van der Waals surface area contributed by atoms with Gasteiger partial charge in [0.15, 0.2) is 0 Å². The first kappa shape index (κ1) is 17.0. The monoisotopic (exact) mass is 333 g/mol. The van der Waals surface area contributed by atoms with Crippen LogP contribution in [0.3, 0.4) is 0 Å². The molecule has 0 bridgehead atoms. The zero-order valence-electron chi connectivity index (χ0n) is 15.1. The highest BCUT2D eigenvalue weighted by Gasteiger charge is 2.10. The summed E-state index contributed by atoms with van der Waals surface area (Å²) in [6, 6.07) is 14.5.